The number of anilines is 2. The molecule has 5 nitrogen and oxygen atoms in total. The van der Waals surface area contributed by atoms with E-state index in [1.54, 1.807) is 17.5 Å². The van der Waals surface area contributed by atoms with E-state index in [0.717, 1.165) is 34.2 Å². The number of nitrogens with zero attached hydrogens (tertiary/aromatic N) is 3. The third-order valence-corrected chi connectivity index (χ3v) is 4.41. The summed E-state index contributed by atoms with van der Waals surface area (Å²) in [5.74, 6) is 1.63. The first kappa shape index (κ1) is 13.4. The van der Waals surface area contributed by atoms with Crippen LogP contribution in [0.15, 0.2) is 34.5 Å². The quantitative estimate of drug-likeness (QED) is 0.737. The van der Waals surface area contributed by atoms with Crippen LogP contribution in [0.5, 0.6) is 0 Å². The van der Waals surface area contributed by atoms with Crippen molar-refractivity contribution in [2.45, 2.75) is 13.5 Å². The van der Waals surface area contributed by atoms with Gasteiger partial charge in [0.15, 0.2) is 11.5 Å². The molecule has 0 aromatic carbocycles. The van der Waals surface area contributed by atoms with E-state index in [0.29, 0.717) is 0 Å². The fraction of sp³-hybridized carbons (Fsp3) is 0.231. The number of hydrogen-bond donors (Lipinski definition) is 2. The second kappa shape index (κ2) is 5.80. The molecule has 0 spiro atoms. The summed E-state index contributed by atoms with van der Waals surface area (Å²) in [6.45, 7) is 3.63. The summed E-state index contributed by atoms with van der Waals surface area (Å²) in [7, 11) is 0. The Bertz CT molecular complexity index is 720. The maximum Gasteiger partial charge on any atom is 0.180 e. The molecule has 3 rings (SSSR count). The molecule has 0 aliphatic carbocycles. The zero-order chi connectivity index (χ0) is 13.9. The predicted octanol–water partition coefficient (Wildman–Crippen LogP) is 3.60. The van der Waals surface area contributed by atoms with Crippen molar-refractivity contribution in [1.29, 1.82) is 0 Å². The van der Waals surface area contributed by atoms with Crippen LogP contribution in [0.2, 0.25) is 0 Å². The van der Waals surface area contributed by atoms with Crippen LogP contribution in [0.3, 0.4) is 0 Å². The van der Waals surface area contributed by atoms with Gasteiger partial charge in [0.2, 0.25) is 0 Å². The summed E-state index contributed by atoms with van der Waals surface area (Å²) in [5.41, 5.74) is 0.835. The SMILES string of the molecule is CCNc1cn2ccnc2c(NCc2ccc(Br)s2)n1. The van der Waals surface area contributed by atoms with Crippen LogP contribution in [0, 0.1) is 0 Å². The molecule has 0 unspecified atom stereocenters. The van der Waals surface area contributed by atoms with E-state index in [4.69, 9.17) is 0 Å². The first-order valence-electron chi connectivity index (χ1n) is 6.32. The van der Waals surface area contributed by atoms with Gasteiger partial charge >= 0.3 is 0 Å². The lowest BCUT2D eigenvalue weighted by Gasteiger charge is -2.09. The number of hydrogen-bond acceptors (Lipinski definition) is 5. The molecule has 2 N–H and O–H groups in total. The van der Waals surface area contributed by atoms with Crippen molar-refractivity contribution >= 4 is 44.5 Å². The van der Waals surface area contributed by atoms with Gasteiger partial charge in [0, 0.05) is 23.8 Å². The molecule has 0 bridgehead atoms. The van der Waals surface area contributed by atoms with Gasteiger partial charge in [-0.2, -0.15) is 0 Å². The number of nitrogens with one attached hydrogen (secondary N) is 2. The second-order valence-electron chi connectivity index (χ2n) is 4.22. The fourth-order valence-corrected chi connectivity index (χ4v) is 3.36. The van der Waals surface area contributed by atoms with Gasteiger partial charge in [-0.05, 0) is 35.0 Å². The van der Waals surface area contributed by atoms with Crippen molar-refractivity contribution in [3.63, 3.8) is 0 Å². The smallest absolute Gasteiger partial charge is 0.180 e. The third kappa shape index (κ3) is 2.78. The Morgan fingerprint density at radius 1 is 1.35 bits per heavy atom. The number of fused-ring (bicyclic) bond motifs is 1. The van der Waals surface area contributed by atoms with Gasteiger partial charge in [0.25, 0.3) is 0 Å². The lowest BCUT2D eigenvalue weighted by Crippen LogP contribution is -2.07. The zero-order valence-corrected chi connectivity index (χ0v) is 13.3. The third-order valence-electron chi connectivity index (χ3n) is 2.79. The Labute approximate surface area is 129 Å². The van der Waals surface area contributed by atoms with Gasteiger partial charge in [-0.3, -0.25) is 0 Å². The molecule has 104 valence electrons. The summed E-state index contributed by atoms with van der Waals surface area (Å²) < 4.78 is 3.10. The fourth-order valence-electron chi connectivity index (χ4n) is 1.93. The Kier molecular flexibility index (Phi) is 3.88. The van der Waals surface area contributed by atoms with Gasteiger partial charge in [-0.1, -0.05) is 0 Å². The van der Waals surface area contributed by atoms with Gasteiger partial charge in [0.05, 0.1) is 16.5 Å². The maximum absolute atomic E-state index is 4.57. The van der Waals surface area contributed by atoms with Crippen LogP contribution in [-0.2, 0) is 6.54 Å². The summed E-state index contributed by atoms with van der Waals surface area (Å²) in [6.07, 6.45) is 5.64. The van der Waals surface area contributed by atoms with Crippen molar-refractivity contribution in [1.82, 2.24) is 14.4 Å². The second-order valence-corrected chi connectivity index (χ2v) is 6.77. The molecule has 0 fully saturated rings. The first-order valence-corrected chi connectivity index (χ1v) is 7.93. The molecule has 7 heteroatoms. The maximum atomic E-state index is 4.57. The van der Waals surface area contributed by atoms with E-state index < -0.39 is 0 Å². The highest BCUT2D eigenvalue weighted by Crippen LogP contribution is 2.23. The molecule has 0 atom stereocenters. The minimum Gasteiger partial charge on any atom is -0.369 e. The topological polar surface area (TPSA) is 54.2 Å². The van der Waals surface area contributed by atoms with Crippen molar-refractivity contribution in [3.05, 3.63) is 39.4 Å². The highest BCUT2D eigenvalue weighted by molar-refractivity contribution is 9.11. The number of aromatic nitrogens is 3. The van der Waals surface area contributed by atoms with E-state index in [9.17, 15) is 0 Å². The summed E-state index contributed by atoms with van der Waals surface area (Å²) in [6, 6.07) is 4.15. The molecule has 0 aliphatic rings. The molecule has 3 aromatic heterocycles. The van der Waals surface area contributed by atoms with Gasteiger partial charge in [0.1, 0.15) is 5.82 Å². The van der Waals surface area contributed by atoms with Crippen molar-refractivity contribution in [2.75, 3.05) is 17.2 Å². The van der Waals surface area contributed by atoms with Crippen molar-refractivity contribution in [2.24, 2.45) is 0 Å². The molecule has 0 amide bonds. The van der Waals surface area contributed by atoms with Gasteiger partial charge in [-0.15, -0.1) is 11.3 Å². The summed E-state index contributed by atoms with van der Waals surface area (Å²) >= 11 is 5.19. The Balaban J connectivity index is 1.87. The minimum absolute atomic E-state index is 0.737. The average Bonchev–Trinajstić information content (AvgIpc) is 3.05. The number of halogens is 1. The van der Waals surface area contributed by atoms with E-state index in [1.165, 1.54) is 4.88 Å². The largest absolute Gasteiger partial charge is 0.369 e. The summed E-state index contributed by atoms with van der Waals surface area (Å²) in [5, 5.41) is 6.58. The van der Waals surface area contributed by atoms with Crippen LogP contribution >= 0.6 is 27.3 Å². The minimum atomic E-state index is 0.737. The van der Waals surface area contributed by atoms with Crippen molar-refractivity contribution < 1.29 is 0 Å². The lowest BCUT2D eigenvalue weighted by atomic mass is 10.4. The molecular weight excluding hydrogens is 338 g/mol. The van der Waals surface area contributed by atoms with Gasteiger partial charge in [-0.25, -0.2) is 9.97 Å². The van der Waals surface area contributed by atoms with Crippen LogP contribution < -0.4 is 10.6 Å². The normalized spacial score (nSPS) is 10.9. The van der Waals surface area contributed by atoms with Crippen LogP contribution in [0.4, 0.5) is 11.6 Å². The summed E-state index contributed by atoms with van der Waals surface area (Å²) in [4.78, 5) is 10.2. The van der Waals surface area contributed by atoms with Gasteiger partial charge < -0.3 is 15.0 Å². The molecule has 0 radical (unpaired) electrons. The standard InChI is InChI=1S/C13H14BrN5S/c1-2-15-11-8-19-6-5-16-13(19)12(18-11)17-7-9-3-4-10(14)20-9/h3-6,8,15H,2,7H2,1H3,(H,17,18). The predicted molar refractivity (Wildman–Crippen MR) is 86.5 cm³/mol. The molecular formula is C13H14BrN5S. The van der Waals surface area contributed by atoms with Crippen LogP contribution in [0.1, 0.15) is 11.8 Å². The number of thiophene rings is 1. The molecule has 0 saturated carbocycles. The Morgan fingerprint density at radius 3 is 3.00 bits per heavy atom. The molecule has 0 saturated heterocycles. The van der Waals surface area contributed by atoms with Crippen LogP contribution in [0.25, 0.3) is 5.65 Å². The average molecular weight is 352 g/mol. The molecule has 3 heterocycles. The Hall–Kier alpha value is -1.60. The number of rotatable bonds is 5. The zero-order valence-electron chi connectivity index (χ0n) is 10.9. The van der Waals surface area contributed by atoms with Crippen molar-refractivity contribution in [3.8, 4) is 0 Å². The van der Waals surface area contributed by atoms with E-state index in [-0.39, 0.29) is 0 Å². The molecule has 3 aromatic rings. The highest BCUT2D eigenvalue weighted by atomic mass is 79.9. The Morgan fingerprint density at radius 2 is 2.25 bits per heavy atom. The van der Waals surface area contributed by atoms with Crippen LogP contribution in [-0.4, -0.2) is 20.9 Å². The number of imidazole rings is 1. The molecule has 20 heavy (non-hydrogen) atoms. The first-order chi connectivity index (χ1) is 9.76. The van der Waals surface area contributed by atoms with E-state index >= 15 is 0 Å². The molecule has 0 aliphatic heterocycles. The lowest BCUT2D eigenvalue weighted by molar-refractivity contribution is 1.06. The van der Waals surface area contributed by atoms with E-state index in [1.807, 2.05) is 16.8 Å². The monoisotopic (exact) mass is 351 g/mol. The van der Waals surface area contributed by atoms with E-state index in [2.05, 4.69) is 55.6 Å². The highest BCUT2D eigenvalue weighted by Gasteiger charge is 2.07.